The first kappa shape index (κ1) is 10.3. The van der Waals surface area contributed by atoms with Gasteiger partial charge in [-0.1, -0.05) is 6.92 Å². The van der Waals surface area contributed by atoms with Gasteiger partial charge in [0, 0.05) is 18.8 Å². The number of nitrogens with two attached hydrogens (primary N) is 1. The summed E-state index contributed by atoms with van der Waals surface area (Å²) in [5.74, 6) is 1.49. The largest absolute Gasteiger partial charge is 0.397 e. The van der Waals surface area contributed by atoms with Gasteiger partial charge in [0.15, 0.2) is 0 Å². The van der Waals surface area contributed by atoms with Crippen molar-refractivity contribution in [3.63, 3.8) is 0 Å². The van der Waals surface area contributed by atoms with Crippen molar-refractivity contribution in [3.05, 3.63) is 28.2 Å². The molecule has 0 amide bonds. The average molecular weight is 206 g/mol. The predicted octanol–water partition coefficient (Wildman–Crippen LogP) is 1.79. The summed E-state index contributed by atoms with van der Waals surface area (Å²) in [7, 11) is 0. The van der Waals surface area contributed by atoms with Crippen LogP contribution in [0.2, 0.25) is 0 Å². The molecule has 2 N–H and O–H groups in total. The molecule has 1 aliphatic carbocycles. The van der Waals surface area contributed by atoms with Gasteiger partial charge >= 0.3 is 0 Å². The van der Waals surface area contributed by atoms with Crippen LogP contribution < -0.4 is 11.3 Å². The normalized spacial score (nSPS) is 24.9. The highest BCUT2D eigenvalue weighted by atomic mass is 16.1. The summed E-state index contributed by atoms with van der Waals surface area (Å²) >= 11 is 0. The number of aryl methyl sites for hydroxylation is 1. The minimum atomic E-state index is 0.0706. The van der Waals surface area contributed by atoms with E-state index in [4.69, 9.17) is 5.73 Å². The summed E-state index contributed by atoms with van der Waals surface area (Å²) in [6, 6.07) is 1.62. The third-order valence-corrected chi connectivity index (χ3v) is 3.30. The Bertz CT molecular complexity index is 416. The highest BCUT2D eigenvalue weighted by Gasteiger charge is 2.25. The minimum Gasteiger partial charge on any atom is -0.397 e. The van der Waals surface area contributed by atoms with E-state index in [1.165, 1.54) is 12.8 Å². The topological polar surface area (TPSA) is 48.0 Å². The summed E-state index contributed by atoms with van der Waals surface area (Å²) in [4.78, 5) is 11.7. The second-order valence-corrected chi connectivity index (χ2v) is 4.84. The van der Waals surface area contributed by atoms with Crippen molar-refractivity contribution < 1.29 is 0 Å². The maximum atomic E-state index is 11.7. The molecule has 0 bridgehead atoms. The highest BCUT2D eigenvalue weighted by Crippen LogP contribution is 2.33. The van der Waals surface area contributed by atoms with Crippen molar-refractivity contribution >= 4 is 5.69 Å². The fourth-order valence-corrected chi connectivity index (χ4v) is 2.32. The number of hydrogen-bond donors (Lipinski definition) is 1. The molecule has 1 aromatic rings. The Labute approximate surface area is 89.9 Å². The summed E-state index contributed by atoms with van der Waals surface area (Å²) in [5.41, 5.74) is 7.45. The van der Waals surface area contributed by atoms with Crippen LogP contribution in [0.5, 0.6) is 0 Å². The summed E-state index contributed by atoms with van der Waals surface area (Å²) in [5, 5.41) is 0. The van der Waals surface area contributed by atoms with Crippen LogP contribution in [0.25, 0.3) is 0 Å². The van der Waals surface area contributed by atoms with Crippen molar-refractivity contribution in [2.24, 2.45) is 11.8 Å². The SMILES string of the molecule is Cc1cc(=O)n(CC2CC(C)C2)cc1N. The third-order valence-electron chi connectivity index (χ3n) is 3.30. The lowest BCUT2D eigenvalue weighted by molar-refractivity contribution is 0.186. The van der Waals surface area contributed by atoms with Crippen molar-refractivity contribution in [3.8, 4) is 0 Å². The quantitative estimate of drug-likeness (QED) is 0.802. The second kappa shape index (κ2) is 3.72. The Hall–Kier alpha value is -1.25. The number of nitrogens with zero attached hydrogens (tertiary/aromatic N) is 1. The summed E-state index contributed by atoms with van der Waals surface area (Å²) in [6.07, 6.45) is 4.25. The van der Waals surface area contributed by atoms with Gasteiger partial charge in [0.25, 0.3) is 5.56 Å². The Kier molecular flexibility index (Phi) is 2.55. The molecule has 0 unspecified atom stereocenters. The first-order chi connectivity index (χ1) is 7.06. The molecule has 2 rings (SSSR count). The van der Waals surface area contributed by atoms with Gasteiger partial charge in [-0.2, -0.15) is 0 Å². The van der Waals surface area contributed by atoms with E-state index in [1.807, 2.05) is 6.92 Å². The monoisotopic (exact) mass is 206 g/mol. The van der Waals surface area contributed by atoms with Crippen LogP contribution in [0.15, 0.2) is 17.1 Å². The molecule has 82 valence electrons. The smallest absolute Gasteiger partial charge is 0.250 e. The van der Waals surface area contributed by atoms with Gasteiger partial charge in [0.05, 0.1) is 5.69 Å². The van der Waals surface area contributed by atoms with Crippen LogP contribution in [0.4, 0.5) is 5.69 Å². The fraction of sp³-hybridized carbons (Fsp3) is 0.583. The zero-order valence-corrected chi connectivity index (χ0v) is 9.36. The maximum Gasteiger partial charge on any atom is 0.250 e. The van der Waals surface area contributed by atoms with Crippen LogP contribution in [0, 0.1) is 18.8 Å². The van der Waals surface area contributed by atoms with Gasteiger partial charge < -0.3 is 10.3 Å². The van der Waals surface area contributed by atoms with E-state index in [0.717, 1.165) is 18.0 Å². The molecule has 1 fully saturated rings. The number of aromatic nitrogens is 1. The van der Waals surface area contributed by atoms with Crippen molar-refractivity contribution in [2.75, 3.05) is 5.73 Å². The van der Waals surface area contributed by atoms with Crippen LogP contribution in [0.3, 0.4) is 0 Å². The van der Waals surface area contributed by atoms with Crippen LogP contribution in [-0.4, -0.2) is 4.57 Å². The molecule has 0 spiro atoms. The van der Waals surface area contributed by atoms with E-state index in [9.17, 15) is 4.79 Å². The summed E-state index contributed by atoms with van der Waals surface area (Å²) in [6.45, 7) is 4.95. The Morgan fingerprint density at radius 1 is 1.53 bits per heavy atom. The van der Waals surface area contributed by atoms with Gasteiger partial charge in [-0.15, -0.1) is 0 Å². The number of pyridine rings is 1. The fourth-order valence-electron chi connectivity index (χ4n) is 2.32. The maximum absolute atomic E-state index is 11.7. The molecule has 0 atom stereocenters. The van der Waals surface area contributed by atoms with Gasteiger partial charge in [0.2, 0.25) is 0 Å². The zero-order valence-electron chi connectivity index (χ0n) is 9.36. The van der Waals surface area contributed by atoms with Gasteiger partial charge in [-0.25, -0.2) is 0 Å². The first-order valence-electron chi connectivity index (χ1n) is 5.53. The minimum absolute atomic E-state index is 0.0706. The standard InChI is InChI=1S/C12H18N2O/c1-8-3-10(4-8)6-14-7-11(13)9(2)5-12(14)15/h5,7-8,10H,3-4,6,13H2,1-2H3. The number of rotatable bonds is 2. The van der Waals surface area contributed by atoms with Crippen molar-refractivity contribution in [1.29, 1.82) is 0 Å². The lowest BCUT2D eigenvalue weighted by atomic mass is 9.76. The van der Waals surface area contributed by atoms with Crippen LogP contribution in [0.1, 0.15) is 25.3 Å². The lowest BCUT2D eigenvalue weighted by Gasteiger charge is -2.33. The van der Waals surface area contributed by atoms with Gasteiger partial charge in [-0.05, 0) is 37.2 Å². The van der Waals surface area contributed by atoms with E-state index in [2.05, 4.69) is 6.92 Å². The molecule has 1 saturated carbocycles. The van der Waals surface area contributed by atoms with Gasteiger partial charge in [-0.3, -0.25) is 4.79 Å². The molecule has 1 aromatic heterocycles. The second-order valence-electron chi connectivity index (χ2n) is 4.84. The molecule has 3 heteroatoms. The van der Waals surface area contributed by atoms with Crippen LogP contribution >= 0.6 is 0 Å². The first-order valence-corrected chi connectivity index (χ1v) is 5.53. The molecule has 0 aliphatic heterocycles. The Morgan fingerprint density at radius 2 is 2.20 bits per heavy atom. The predicted molar refractivity (Wildman–Crippen MR) is 61.7 cm³/mol. The van der Waals surface area contributed by atoms with E-state index < -0.39 is 0 Å². The lowest BCUT2D eigenvalue weighted by Crippen LogP contribution is -2.30. The number of nitrogen functional groups attached to an aromatic ring is 1. The highest BCUT2D eigenvalue weighted by molar-refractivity contribution is 5.42. The van der Waals surface area contributed by atoms with Gasteiger partial charge in [0.1, 0.15) is 0 Å². The molecular weight excluding hydrogens is 188 g/mol. The van der Waals surface area contributed by atoms with Crippen LogP contribution in [-0.2, 0) is 6.54 Å². The third kappa shape index (κ3) is 2.06. The Balaban J connectivity index is 2.15. The molecule has 3 nitrogen and oxygen atoms in total. The van der Waals surface area contributed by atoms with E-state index in [1.54, 1.807) is 16.8 Å². The molecule has 0 radical (unpaired) electrons. The van der Waals surface area contributed by atoms with E-state index in [0.29, 0.717) is 11.6 Å². The molecule has 1 aliphatic rings. The van der Waals surface area contributed by atoms with Crippen molar-refractivity contribution in [1.82, 2.24) is 4.57 Å². The Morgan fingerprint density at radius 3 is 2.80 bits per heavy atom. The van der Waals surface area contributed by atoms with E-state index >= 15 is 0 Å². The number of anilines is 1. The zero-order chi connectivity index (χ0) is 11.0. The van der Waals surface area contributed by atoms with Crippen molar-refractivity contribution in [2.45, 2.75) is 33.2 Å². The molecular formula is C12H18N2O. The molecule has 0 saturated heterocycles. The molecule has 15 heavy (non-hydrogen) atoms. The molecule has 0 aromatic carbocycles. The molecule has 1 heterocycles. The average Bonchev–Trinajstić information content (AvgIpc) is 2.11. The van der Waals surface area contributed by atoms with E-state index in [-0.39, 0.29) is 5.56 Å². The number of hydrogen-bond acceptors (Lipinski definition) is 2. The summed E-state index contributed by atoms with van der Waals surface area (Å²) < 4.78 is 1.75.